The summed E-state index contributed by atoms with van der Waals surface area (Å²) >= 11 is 0. The lowest BCUT2D eigenvalue weighted by molar-refractivity contribution is -0.149. The number of hydrogen-bond acceptors (Lipinski definition) is 4. The Balaban J connectivity index is 4.02. The quantitative estimate of drug-likeness (QED) is 0.493. The standard InChI is InChI=1S/C11H21NO4/c1-8(2)10(12-9(3)14)11(15)16-7-5-4-6-13/h8,10,13H,4-7H2,1-3H3,(H,12,14)/t10-/m0/s1. The predicted octanol–water partition coefficient (Wildman–Crippen LogP) is 0.463. The zero-order valence-corrected chi connectivity index (χ0v) is 10.2. The molecule has 0 aromatic carbocycles. The van der Waals surface area contributed by atoms with Gasteiger partial charge in [0.25, 0.3) is 0 Å². The van der Waals surface area contributed by atoms with E-state index in [9.17, 15) is 9.59 Å². The van der Waals surface area contributed by atoms with Crippen LogP contribution < -0.4 is 5.32 Å². The minimum Gasteiger partial charge on any atom is -0.464 e. The maximum absolute atomic E-state index is 11.6. The van der Waals surface area contributed by atoms with Crippen molar-refractivity contribution in [2.75, 3.05) is 13.2 Å². The van der Waals surface area contributed by atoms with Gasteiger partial charge in [0.2, 0.25) is 5.91 Å². The Bertz CT molecular complexity index is 228. The van der Waals surface area contributed by atoms with Crippen molar-refractivity contribution >= 4 is 11.9 Å². The first-order chi connectivity index (χ1) is 7.49. The van der Waals surface area contributed by atoms with Crippen molar-refractivity contribution in [3.8, 4) is 0 Å². The van der Waals surface area contributed by atoms with Crippen LogP contribution in [0, 0.1) is 5.92 Å². The van der Waals surface area contributed by atoms with Crippen LogP contribution in [-0.2, 0) is 14.3 Å². The molecule has 0 aliphatic rings. The number of nitrogens with one attached hydrogen (secondary N) is 1. The molecule has 0 rings (SSSR count). The minimum atomic E-state index is -0.591. The number of esters is 1. The Labute approximate surface area is 96.2 Å². The topological polar surface area (TPSA) is 75.6 Å². The summed E-state index contributed by atoms with van der Waals surface area (Å²) in [7, 11) is 0. The highest BCUT2D eigenvalue weighted by Crippen LogP contribution is 2.04. The number of ether oxygens (including phenoxy) is 1. The number of carbonyl (C=O) groups excluding carboxylic acids is 2. The maximum Gasteiger partial charge on any atom is 0.328 e. The molecule has 0 unspecified atom stereocenters. The molecule has 0 bridgehead atoms. The summed E-state index contributed by atoms with van der Waals surface area (Å²) in [6, 6.07) is -0.591. The number of aliphatic hydroxyl groups excluding tert-OH is 1. The molecule has 1 atom stereocenters. The second-order valence-electron chi connectivity index (χ2n) is 4.02. The second-order valence-corrected chi connectivity index (χ2v) is 4.02. The van der Waals surface area contributed by atoms with E-state index in [-0.39, 0.29) is 25.0 Å². The van der Waals surface area contributed by atoms with Gasteiger partial charge in [-0.25, -0.2) is 4.79 Å². The summed E-state index contributed by atoms with van der Waals surface area (Å²) in [6.45, 7) is 5.43. The molecule has 0 aliphatic carbocycles. The molecule has 0 aliphatic heterocycles. The van der Waals surface area contributed by atoms with E-state index in [1.54, 1.807) is 0 Å². The van der Waals surface area contributed by atoms with Gasteiger partial charge >= 0.3 is 5.97 Å². The van der Waals surface area contributed by atoms with E-state index < -0.39 is 12.0 Å². The van der Waals surface area contributed by atoms with Crippen molar-refractivity contribution in [2.45, 2.75) is 39.7 Å². The monoisotopic (exact) mass is 231 g/mol. The summed E-state index contributed by atoms with van der Waals surface area (Å²) in [5, 5.41) is 11.1. The van der Waals surface area contributed by atoms with Crippen LogP contribution in [0.15, 0.2) is 0 Å². The van der Waals surface area contributed by atoms with Crippen LogP contribution >= 0.6 is 0 Å². The summed E-state index contributed by atoms with van der Waals surface area (Å²) in [5.74, 6) is -0.664. The van der Waals surface area contributed by atoms with Gasteiger partial charge in [0, 0.05) is 13.5 Å². The molecule has 0 aromatic rings. The van der Waals surface area contributed by atoms with Crippen molar-refractivity contribution in [1.29, 1.82) is 0 Å². The number of hydrogen-bond donors (Lipinski definition) is 2. The molecule has 0 saturated carbocycles. The molecule has 0 spiro atoms. The van der Waals surface area contributed by atoms with Gasteiger partial charge in [0.05, 0.1) is 6.61 Å². The Morgan fingerprint density at radius 3 is 2.38 bits per heavy atom. The minimum absolute atomic E-state index is 0.00533. The zero-order chi connectivity index (χ0) is 12.6. The highest BCUT2D eigenvalue weighted by Gasteiger charge is 2.24. The fraction of sp³-hybridized carbons (Fsp3) is 0.818. The molecule has 0 fully saturated rings. The molecular weight excluding hydrogens is 210 g/mol. The van der Waals surface area contributed by atoms with Gasteiger partial charge < -0.3 is 15.2 Å². The highest BCUT2D eigenvalue weighted by molar-refractivity contribution is 5.83. The van der Waals surface area contributed by atoms with Crippen molar-refractivity contribution in [3.05, 3.63) is 0 Å². The third-order valence-corrected chi connectivity index (χ3v) is 2.08. The average molecular weight is 231 g/mol. The Morgan fingerprint density at radius 2 is 1.94 bits per heavy atom. The van der Waals surface area contributed by atoms with E-state index in [0.29, 0.717) is 12.8 Å². The van der Waals surface area contributed by atoms with E-state index in [4.69, 9.17) is 9.84 Å². The van der Waals surface area contributed by atoms with Gasteiger partial charge in [-0.05, 0) is 18.8 Å². The van der Waals surface area contributed by atoms with Crippen LogP contribution in [0.2, 0.25) is 0 Å². The molecule has 1 amide bonds. The van der Waals surface area contributed by atoms with E-state index in [1.807, 2.05) is 13.8 Å². The normalized spacial score (nSPS) is 12.3. The van der Waals surface area contributed by atoms with E-state index in [2.05, 4.69) is 5.32 Å². The van der Waals surface area contributed by atoms with Crippen LogP contribution in [0.5, 0.6) is 0 Å². The zero-order valence-electron chi connectivity index (χ0n) is 10.2. The van der Waals surface area contributed by atoms with E-state index in [1.165, 1.54) is 6.92 Å². The van der Waals surface area contributed by atoms with E-state index >= 15 is 0 Å². The fourth-order valence-corrected chi connectivity index (χ4v) is 1.19. The highest BCUT2D eigenvalue weighted by atomic mass is 16.5. The molecular formula is C11H21NO4. The molecule has 0 saturated heterocycles. The van der Waals surface area contributed by atoms with Gasteiger partial charge in [-0.15, -0.1) is 0 Å². The maximum atomic E-state index is 11.6. The molecule has 0 aromatic heterocycles. The van der Waals surface area contributed by atoms with Gasteiger partial charge in [0.1, 0.15) is 6.04 Å². The van der Waals surface area contributed by atoms with Crippen LogP contribution in [0.1, 0.15) is 33.6 Å². The lowest BCUT2D eigenvalue weighted by Gasteiger charge is -2.19. The largest absolute Gasteiger partial charge is 0.464 e. The first kappa shape index (κ1) is 14.9. The molecule has 0 heterocycles. The molecule has 94 valence electrons. The van der Waals surface area contributed by atoms with Crippen LogP contribution in [-0.4, -0.2) is 36.2 Å². The third-order valence-electron chi connectivity index (χ3n) is 2.08. The van der Waals surface area contributed by atoms with Crippen molar-refractivity contribution < 1.29 is 19.4 Å². The lowest BCUT2D eigenvalue weighted by Crippen LogP contribution is -2.44. The smallest absolute Gasteiger partial charge is 0.328 e. The van der Waals surface area contributed by atoms with Crippen LogP contribution in [0.25, 0.3) is 0 Å². The first-order valence-corrected chi connectivity index (χ1v) is 5.53. The summed E-state index contributed by atoms with van der Waals surface area (Å²) in [6.07, 6.45) is 1.24. The lowest BCUT2D eigenvalue weighted by atomic mass is 10.0. The van der Waals surface area contributed by atoms with Crippen LogP contribution in [0.3, 0.4) is 0 Å². The van der Waals surface area contributed by atoms with E-state index in [0.717, 1.165) is 0 Å². The van der Waals surface area contributed by atoms with Crippen molar-refractivity contribution in [2.24, 2.45) is 5.92 Å². The SMILES string of the molecule is CC(=O)N[C@H](C(=O)OCCCCO)C(C)C. The summed E-state index contributed by atoms with van der Waals surface area (Å²) < 4.78 is 5.00. The van der Waals surface area contributed by atoms with Crippen molar-refractivity contribution in [3.63, 3.8) is 0 Å². The molecule has 5 nitrogen and oxygen atoms in total. The van der Waals surface area contributed by atoms with Gasteiger partial charge in [-0.3, -0.25) is 4.79 Å². The first-order valence-electron chi connectivity index (χ1n) is 5.53. The number of amides is 1. The number of rotatable bonds is 7. The number of carbonyl (C=O) groups is 2. The van der Waals surface area contributed by atoms with Gasteiger partial charge in [-0.2, -0.15) is 0 Å². The fourth-order valence-electron chi connectivity index (χ4n) is 1.19. The van der Waals surface area contributed by atoms with Crippen LogP contribution in [0.4, 0.5) is 0 Å². The summed E-state index contributed by atoms with van der Waals surface area (Å²) in [5.41, 5.74) is 0. The Kier molecular flexibility index (Phi) is 7.54. The molecule has 2 N–H and O–H groups in total. The molecule has 0 radical (unpaired) electrons. The van der Waals surface area contributed by atoms with Gasteiger partial charge in [0.15, 0.2) is 0 Å². The average Bonchev–Trinajstić information content (AvgIpc) is 2.20. The summed E-state index contributed by atoms with van der Waals surface area (Å²) in [4.78, 5) is 22.5. The number of aliphatic hydroxyl groups is 1. The Morgan fingerprint density at radius 1 is 1.31 bits per heavy atom. The Hall–Kier alpha value is -1.10. The third kappa shape index (κ3) is 6.40. The molecule has 16 heavy (non-hydrogen) atoms. The van der Waals surface area contributed by atoms with Gasteiger partial charge in [-0.1, -0.05) is 13.8 Å². The number of unbranched alkanes of at least 4 members (excludes halogenated alkanes) is 1. The second kappa shape index (κ2) is 8.10. The predicted molar refractivity (Wildman–Crippen MR) is 59.7 cm³/mol. The van der Waals surface area contributed by atoms with Crippen molar-refractivity contribution in [1.82, 2.24) is 5.32 Å². The molecule has 5 heteroatoms.